The molecule has 2 atom stereocenters. The van der Waals surface area contributed by atoms with E-state index in [0.29, 0.717) is 29.0 Å². The third kappa shape index (κ3) is 5.94. The predicted octanol–water partition coefficient (Wildman–Crippen LogP) is 5.43. The van der Waals surface area contributed by atoms with Crippen molar-refractivity contribution in [1.29, 1.82) is 0 Å². The van der Waals surface area contributed by atoms with E-state index in [2.05, 4.69) is 24.1 Å². The molecule has 0 bridgehead atoms. The maximum atomic E-state index is 13.8. The number of rotatable bonds is 7. The van der Waals surface area contributed by atoms with Gasteiger partial charge in [-0.1, -0.05) is 49.7 Å². The van der Waals surface area contributed by atoms with Crippen LogP contribution in [0.3, 0.4) is 0 Å². The second-order valence-electron chi connectivity index (χ2n) is 11.0. The van der Waals surface area contributed by atoms with Crippen LogP contribution < -0.4 is 10.2 Å². The third-order valence-electron chi connectivity index (χ3n) is 7.59. The average molecular weight is 580 g/mol. The van der Waals surface area contributed by atoms with E-state index in [0.717, 1.165) is 31.6 Å². The summed E-state index contributed by atoms with van der Waals surface area (Å²) in [7, 11) is -4.01. The summed E-state index contributed by atoms with van der Waals surface area (Å²) in [5, 5.41) is 3.53. The van der Waals surface area contributed by atoms with Crippen molar-refractivity contribution in [1.82, 2.24) is 10.2 Å². The zero-order valence-electron chi connectivity index (χ0n) is 22.8. The lowest BCUT2D eigenvalue weighted by Gasteiger charge is -2.34. The number of anilines is 1. The van der Waals surface area contributed by atoms with Gasteiger partial charge < -0.3 is 15.1 Å². The minimum atomic E-state index is -4.01. The number of benzene rings is 3. The van der Waals surface area contributed by atoms with E-state index < -0.39 is 15.7 Å². The van der Waals surface area contributed by atoms with Gasteiger partial charge in [0.05, 0.1) is 27.6 Å². The topological polar surface area (TPSA) is 86.8 Å². The van der Waals surface area contributed by atoms with Crippen LogP contribution in [0.5, 0.6) is 0 Å². The molecule has 9 heteroatoms. The van der Waals surface area contributed by atoms with Crippen LogP contribution in [-0.2, 0) is 16.4 Å². The van der Waals surface area contributed by atoms with Gasteiger partial charge in [-0.05, 0) is 79.3 Å². The van der Waals surface area contributed by atoms with E-state index in [1.165, 1.54) is 41.7 Å². The van der Waals surface area contributed by atoms with Crippen molar-refractivity contribution in [3.63, 3.8) is 0 Å². The molecule has 2 heterocycles. The van der Waals surface area contributed by atoms with Crippen molar-refractivity contribution in [2.45, 2.75) is 43.0 Å². The largest absolute Gasteiger partial charge is 0.352 e. The third-order valence-corrected chi connectivity index (χ3v) is 9.70. The molecule has 7 nitrogen and oxygen atoms in total. The minimum Gasteiger partial charge on any atom is -0.352 e. The van der Waals surface area contributed by atoms with Crippen molar-refractivity contribution in [2.75, 3.05) is 31.1 Å². The van der Waals surface area contributed by atoms with Crippen LogP contribution in [-0.4, -0.2) is 51.3 Å². The lowest BCUT2D eigenvalue weighted by Crippen LogP contribution is -2.40. The van der Waals surface area contributed by atoms with Crippen molar-refractivity contribution < 1.29 is 18.0 Å². The number of amides is 2. The summed E-state index contributed by atoms with van der Waals surface area (Å²) in [5.41, 5.74) is 1.35. The van der Waals surface area contributed by atoms with Gasteiger partial charge in [0.2, 0.25) is 9.84 Å². The SMILES string of the molecule is CC1CC(C)CN(CCCNC(=O)c2ccc3c(c2)N(Cc2ccc(Cl)cc2)C(=O)c2ccccc2S3(=O)=O)C1. The zero-order chi connectivity index (χ0) is 28.4. The molecule has 0 radical (unpaired) electrons. The van der Waals surface area contributed by atoms with Gasteiger partial charge in [0.1, 0.15) is 0 Å². The Morgan fingerprint density at radius 2 is 1.68 bits per heavy atom. The number of likely N-dealkylation sites (tertiary alicyclic amines) is 1. The highest BCUT2D eigenvalue weighted by Gasteiger charge is 2.36. The van der Waals surface area contributed by atoms with Crippen LogP contribution in [0.1, 0.15) is 53.0 Å². The van der Waals surface area contributed by atoms with Crippen LogP contribution in [0, 0.1) is 11.8 Å². The molecule has 40 heavy (non-hydrogen) atoms. The summed E-state index contributed by atoms with van der Waals surface area (Å²) in [6.45, 7) is 8.26. The molecule has 2 unspecified atom stereocenters. The Hall–Kier alpha value is -3.20. The number of nitrogens with zero attached hydrogens (tertiary/aromatic N) is 2. The number of carbonyl (C=O) groups is 2. The van der Waals surface area contributed by atoms with Crippen molar-refractivity contribution in [3.8, 4) is 0 Å². The molecule has 0 saturated carbocycles. The van der Waals surface area contributed by atoms with Gasteiger partial charge in [0, 0.05) is 30.2 Å². The number of piperidine rings is 1. The molecule has 0 spiro atoms. The number of nitrogens with one attached hydrogen (secondary N) is 1. The molecule has 3 aromatic carbocycles. The second-order valence-corrected chi connectivity index (χ2v) is 13.3. The summed E-state index contributed by atoms with van der Waals surface area (Å²) < 4.78 is 27.4. The van der Waals surface area contributed by atoms with Crippen molar-refractivity contribution in [3.05, 3.63) is 88.4 Å². The molecular formula is C31H34ClN3O4S. The lowest BCUT2D eigenvalue weighted by atomic mass is 9.92. The Labute approximate surface area is 241 Å². The first-order valence-electron chi connectivity index (χ1n) is 13.7. The smallest absolute Gasteiger partial charge is 0.259 e. The first-order valence-corrected chi connectivity index (χ1v) is 15.5. The monoisotopic (exact) mass is 579 g/mol. The predicted molar refractivity (Wildman–Crippen MR) is 157 cm³/mol. The lowest BCUT2D eigenvalue weighted by molar-refractivity contribution is 0.0944. The van der Waals surface area contributed by atoms with Gasteiger partial charge >= 0.3 is 0 Å². The van der Waals surface area contributed by atoms with Crippen LogP contribution in [0.15, 0.2) is 76.5 Å². The van der Waals surface area contributed by atoms with Crippen LogP contribution in [0.25, 0.3) is 0 Å². The van der Waals surface area contributed by atoms with Gasteiger partial charge in [-0.3, -0.25) is 9.59 Å². The molecule has 0 aromatic heterocycles. The first kappa shape index (κ1) is 28.3. The van der Waals surface area contributed by atoms with Crippen LogP contribution in [0.2, 0.25) is 5.02 Å². The number of carbonyl (C=O) groups excluding carboxylic acids is 2. The summed E-state index contributed by atoms with van der Waals surface area (Å²) >= 11 is 6.05. The molecule has 210 valence electrons. The van der Waals surface area contributed by atoms with E-state index in [-0.39, 0.29) is 33.5 Å². The molecule has 2 amide bonds. The van der Waals surface area contributed by atoms with Crippen molar-refractivity contribution in [2.24, 2.45) is 11.8 Å². The number of hydrogen-bond donors (Lipinski definition) is 1. The molecular weight excluding hydrogens is 546 g/mol. The molecule has 2 aliphatic heterocycles. The summed E-state index contributed by atoms with van der Waals surface area (Å²) in [6, 6.07) is 17.7. The summed E-state index contributed by atoms with van der Waals surface area (Å²) in [5.74, 6) is 0.606. The number of halogens is 1. The Morgan fingerprint density at radius 3 is 2.40 bits per heavy atom. The molecule has 1 N–H and O–H groups in total. The van der Waals surface area contributed by atoms with Crippen molar-refractivity contribution >= 4 is 38.9 Å². The van der Waals surface area contributed by atoms with E-state index >= 15 is 0 Å². The van der Waals surface area contributed by atoms with Gasteiger partial charge in [-0.15, -0.1) is 0 Å². The van der Waals surface area contributed by atoms with E-state index in [1.807, 2.05) is 0 Å². The standard InChI is InChI=1S/C31H34ClN3O4S/c1-21-16-22(2)19-34(18-21)15-5-14-33-30(36)24-10-13-29-27(17-24)35(20-23-8-11-25(32)12-9-23)31(37)26-6-3-4-7-28(26)40(29,38)39/h3-4,6-13,17,21-22H,5,14-16,18-20H2,1-2H3,(H,33,36). The molecule has 2 aliphatic rings. The van der Waals surface area contributed by atoms with E-state index in [1.54, 1.807) is 36.4 Å². The maximum absolute atomic E-state index is 13.8. The Morgan fingerprint density at radius 1 is 0.975 bits per heavy atom. The molecule has 0 aliphatic carbocycles. The molecule has 3 aromatic rings. The Bertz CT molecular complexity index is 1510. The fraction of sp³-hybridized carbons (Fsp3) is 0.355. The molecule has 1 saturated heterocycles. The minimum absolute atomic E-state index is 0.00958. The zero-order valence-corrected chi connectivity index (χ0v) is 24.3. The second kappa shape index (κ2) is 11.7. The van der Waals surface area contributed by atoms with Gasteiger partial charge in [0.15, 0.2) is 0 Å². The summed E-state index contributed by atoms with van der Waals surface area (Å²) in [6.07, 6.45) is 2.07. The Balaban J connectivity index is 1.40. The number of fused-ring (bicyclic) bond motifs is 2. The van der Waals surface area contributed by atoms with Gasteiger partial charge in [-0.25, -0.2) is 8.42 Å². The summed E-state index contributed by atoms with van der Waals surface area (Å²) in [4.78, 5) is 30.8. The van der Waals surface area contributed by atoms with Crippen LogP contribution in [0.4, 0.5) is 5.69 Å². The first-order chi connectivity index (χ1) is 19.1. The Kier molecular flexibility index (Phi) is 8.31. The highest BCUT2D eigenvalue weighted by molar-refractivity contribution is 7.91. The van der Waals surface area contributed by atoms with E-state index in [9.17, 15) is 18.0 Å². The fourth-order valence-corrected chi connectivity index (χ4v) is 7.62. The molecule has 1 fully saturated rings. The van der Waals surface area contributed by atoms with Gasteiger partial charge in [0.25, 0.3) is 11.8 Å². The maximum Gasteiger partial charge on any atom is 0.259 e. The molecule has 5 rings (SSSR count). The fourth-order valence-electron chi connectivity index (χ4n) is 5.86. The van der Waals surface area contributed by atoms with E-state index in [4.69, 9.17) is 11.6 Å². The number of hydrogen-bond acceptors (Lipinski definition) is 5. The highest BCUT2D eigenvalue weighted by atomic mass is 35.5. The van der Waals surface area contributed by atoms with Crippen LogP contribution >= 0.6 is 11.6 Å². The van der Waals surface area contributed by atoms with Gasteiger partial charge in [-0.2, -0.15) is 0 Å². The average Bonchev–Trinajstić information content (AvgIpc) is 2.99. The number of sulfone groups is 1. The normalized spacial score (nSPS) is 20.4. The quantitative estimate of drug-likeness (QED) is 0.377. The highest BCUT2D eigenvalue weighted by Crippen LogP contribution is 2.38.